The van der Waals surface area contributed by atoms with Gasteiger partial charge in [0.15, 0.2) is 0 Å². The zero-order chi connectivity index (χ0) is 51.6. The first-order valence-corrected chi connectivity index (χ1v) is 24.0. The summed E-state index contributed by atoms with van der Waals surface area (Å²) < 4.78 is 61.8. The molecule has 382 valence electrons. The second kappa shape index (κ2) is 22.9. The first-order valence-electron chi connectivity index (χ1n) is 24.0. The normalized spacial score (nSPS) is 13.6. The van der Waals surface area contributed by atoms with Crippen LogP contribution in [0.15, 0.2) is 128 Å². The average molecular weight is 1010 g/mol. The van der Waals surface area contributed by atoms with Crippen LogP contribution in [0.2, 0.25) is 0 Å². The lowest BCUT2D eigenvalue weighted by molar-refractivity contribution is -0.137. The standard InChI is InChI=1S/C53H55F3N14O4/c1-5-68-19-8-13-42(68)29-58-45-27-47(61-32-59-45)69-20-18-57-51(69)65-40-23-36(50(71)64-39-12-7-11-37(25-39)53(54,55)56)24-44(26-40)74-31-41-30-70(52(66-41)67-49-34(2)9-6-10-35(49)3)48-28-46(60-33-62-48)63-38-14-16-43(17-15-38)73-22-21-72-4/h6-7,9-12,14-18,20,23-28,30,32-33,42H,5,8,13,19,21-22,29,31H2,1-4H3,(H,57,65)(H,64,71)(H,66,67)(H,58,59,61)(H,60,62,63). The van der Waals surface area contributed by atoms with E-state index in [4.69, 9.17) is 19.2 Å². The number of hydrogen-bond acceptors (Lipinski definition) is 15. The van der Waals surface area contributed by atoms with Crippen molar-refractivity contribution in [1.82, 2.24) is 43.9 Å². The van der Waals surface area contributed by atoms with Gasteiger partial charge in [0.1, 0.15) is 60.6 Å². The summed E-state index contributed by atoms with van der Waals surface area (Å²) in [4.78, 5) is 43.9. The maximum absolute atomic E-state index is 13.9. The summed E-state index contributed by atoms with van der Waals surface area (Å²) in [6, 6.07) is 26.6. The van der Waals surface area contributed by atoms with Gasteiger partial charge in [-0.05, 0) is 106 Å². The Kier molecular flexibility index (Phi) is 15.6. The van der Waals surface area contributed by atoms with Crippen LogP contribution in [0.5, 0.6) is 11.5 Å². The van der Waals surface area contributed by atoms with Gasteiger partial charge in [-0.25, -0.2) is 29.9 Å². The zero-order valence-corrected chi connectivity index (χ0v) is 41.2. The largest absolute Gasteiger partial charge is 0.491 e. The molecule has 74 heavy (non-hydrogen) atoms. The van der Waals surface area contributed by atoms with Crippen molar-refractivity contribution in [3.63, 3.8) is 0 Å². The maximum Gasteiger partial charge on any atom is 0.416 e. The van der Waals surface area contributed by atoms with Crippen LogP contribution in [0, 0.1) is 13.8 Å². The number of carbonyl (C=O) groups is 1. The van der Waals surface area contributed by atoms with Crippen LogP contribution in [0.3, 0.4) is 0 Å². The van der Waals surface area contributed by atoms with Crippen molar-refractivity contribution in [2.45, 2.75) is 52.4 Å². The highest BCUT2D eigenvalue weighted by atomic mass is 19.4. The number of halogens is 3. The molecular formula is C53H55F3N14O4. The van der Waals surface area contributed by atoms with Crippen LogP contribution in [0.4, 0.5) is 59.5 Å². The molecule has 0 aliphatic carbocycles. The van der Waals surface area contributed by atoms with Crippen molar-refractivity contribution in [2.24, 2.45) is 0 Å². The van der Waals surface area contributed by atoms with E-state index in [0.29, 0.717) is 71.6 Å². The number of rotatable bonds is 21. The SMILES string of the molecule is CCN1CCCC1CNc1cc(-n2ccnc2Nc2cc(OCc3cn(-c4cc(Nc5ccc(OCCOC)cc5)ncn4)c(Nc4c(C)cccc4C)n3)cc(C(=O)Nc3cccc(C(F)(F)F)c3)c2)ncn1. The Morgan fingerprint density at radius 2 is 1.50 bits per heavy atom. The molecule has 1 amide bonds. The molecule has 5 N–H and O–H groups in total. The van der Waals surface area contributed by atoms with Gasteiger partial charge >= 0.3 is 6.18 Å². The van der Waals surface area contributed by atoms with Crippen LogP contribution in [0.25, 0.3) is 11.6 Å². The summed E-state index contributed by atoms with van der Waals surface area (Å²) >= 11 is 0. The van der Waals surface area contributed by atoms with Gasteiger partial charge in [-0.3, -0.25) is 18.8 Å². The smallest absolute Gasteiger partial charge is 0.416 e. The highest BCUT2D eigenvalue weighted by molar-refractivity contribution is 6.05. The Balaban J connectivity index is 0.997. The Labute approximate surface area is 425 Å². The van der Waals surface area contributed by atoms with E-state index in [1.165, 1.54) is 30.9 Å². The molecule has 0 radical (unpaired) electrons. The first kappa shape index (κ1) is 50.4. The van der Waals surface area contributed by atoms with Crippen molar-refractivity contribution in [3.05, 3.63) is 156 Å². The van der Waals surface area contributed by atoms with Crippen LogP contribution in [-0.4, -0.2) is 95.8 Å². The number of likely N-dealkylation sites (tertiary alicyclic amines) is 1. The molecule has 0 bridgehead atoms. The number of anilines is 8. The van der Waals surface area contributed by atoms with Gasteiger partial charge in [0.25, 0.3) is 5.91 Å². The lowest BCUT2D eigenvalue weighted by Crippen LogP contribution is -2.34. The van der Waals surface area contributed by atoms with Crippen LogP contribution in [0.1, 0.15) is 52.5 Å². The number of aromatic nitrogens is 8. The fourth-order valence-electron chi connectivity index (χ4n) is 8.53. The van der Waals surface area contributed by atoms with E-state index in [1.54, 1.807) is 53.0 Å². The topological polar surface area (TPSA) is 195 Å². The molecule has 1 aliphatic heterocycles. The quantitative estimate of drug-likeness (QED) is 0.0426. The van der Waals surface area contributed by atoms with Crippen LogP contribution >= 0.6 is 0 Å². The predicted molar refractivity (Wildman–Crippen MR) is 277 cm³/mol. The third kappa shape index (κ3) is 12.5. The summed E-state index contributed by atoms with van der Waals surface area (Å²) in [6.45, 7) is 9.80. The van der Waals surface area contributed by atoms with Crippen molar-refractivity contribution in [2.75, 3.05) is 66.5 Å². The van der Waals surface area contributed by atoms with Crippen molar-refractivity contribution >= 4 is 52.2 Å². The number of nitrogens with one attached hydrogen (secondary N) is 5. The van der Waals surface area contributed by atoms with E-state index in [0.717, 1.165) is 67.1 Å². The number of methoxy groups -OCH3 is 1. The van der Waals surface area contributed by atoms with Crippen molar-refractivity contribution in [3.8, 4) is 23.1 Å². The van der Waals surface area contributed by atoms with E-state index in [-0.39, 0.29) is 23.6 Å². The average Bonchev–Trinajstić information content (AvgIpc) is 4.17. The Morgan fingerprint density at radius 1 is 0.743 bits per heavy atom. The lowest BCUT2D eigenvalue weighted by atomic mass is 10.1. The molecule has 1 atom stereocenters. The number of hydrogen-bond donors (Lipinski definition) is 5. The Hall–Kier alpha value is -8.56. The van der Waals surface area contributed by atoms with Gasteiger partial charge < -0.3 is 40.8 Å². The van der Waals surface area contributed by atoms with E-state index >= 15 is 0 Å². The molecule has 1 aliphatic rings. The molecule has 4 aromatic heterocycles. The molecule has 5 heterocycles. The second-order valence-corrected chi connectivity index (χ2v) is 17.5. The molecule has 8 aromatic rings. The van der Waals surface area contributed by atoms with Gasteiger partial charge in [0.2, 0.25) is 11.9 Å². The minimum absolute atomic E-state index is 0.0385. The van der Waals surface area contributed by atoms with Gasteiger partial charge in [-0.15, -0.1) is 0 Å². The number of benzene rings is 4. The van der Waals surface area contributed by atoms with E-state index in [1.807, 2.05) is 62.4 Å². The predicted octanol–water partition coefficient (Wildman–Crippen LogP) is 10.3. The minimum atomic E-state index is -4.61. The molecule has 0 saturated carbocycles. The third-order valence-electron chi connectivity index (χ3n) is 12.3. The van der Waals surface area contributed by atoms with Crippen LogP contribution < -0.4 is 36.1 Å². The molecule has 9 rings (SSSR count). The van der Waals surface area contributed by atoms with Crippen molar-refractivity contribution in [1.29, 1.82) is 0 Å². The van der Waals surface area contributed by atoms with E-state index < -0.39 is 17.6 Å². The summed E-state index contributed by atoms with van der Waals surface area (Å²) in [5.41, 5.74) is 3.65. The number of nitrogens with zero attached hydrogens (tertiary/aromatic N) is 9. The molecule has 1 saturated heterocycles. The number of carbonyl (C=O) groups excluding carboxylic acids is 1. The zero-order valence-electron chi connectivity index (χ0n) is 41.2. The summed E-state index contributed by atoms with van der Waals surface area (Å²) in [6.07, 6.45) is 5.71. The Bertz CT molecular complexity index is 3180. The van der Waals surface area contributed by atoms with Gasteiger partial charge in [0, 0.05) is 84.8 Å². The molecule has 21 heteroatoms. The molecule has 4 aromatic carbocycles. The fourth-order valence-corrected chi connectivity index (χ4v) is 8.53. The van der Waals surface area contributed by atoms with E-state index in [9.17, 15) is 18.0 Å². The summed E-state index contributed by atoms with van der Waals surface area (Å²) in [5.74, 6) is 3.26. The van der Waals surface area contributed by atoms with Gasteiger partial charge in [0.05, 0.1) is 17.9 Å². The lowest BCUT2D eigenvalue weighted by Gasteiger charge is -2.23. The molecular weight excluding hydrogens is 954 g/mol. The van der Waals surface area contributed by atoms with Gasteiger partial charge in [-0.1, -0.05) is 31.2 Å². The minimum Gasteiger partial charge on any atom is -0.491 e. The van der Waals surface area contributed by atoms with E-state index in [2.05, 4.69) is 63.3 Å². The number of para-hydroxylation sites is 1. The van der Waals surface area contributed by atoms with Crippen LogP contribution in [-0.2, 0) is 17.5 Å². The number of imidazole rings is 2. The number of alkyl halides is 3. The number of amides is 1. The van der Waals surface area contributed by atoms with Gasteiger partial charge in [-0.2, -0.15) is 13.2 Å². The first-order chi connectivity index (χ1) is 35.9. The third-order valence-corrected chi connectivity index (χ3v) is 12.3. The number of likely N-dealkylation sites (N-methyl/N-ethyl adjacent to an activating group) is 1. The number of aryl methyl sites for hydroxylation is 2. The Morgan fingerprint density at radius 3 is 2.27 bits per heavy atom. The molecule has 0 spiro atoms. The number of ether oxygens (including phenoxy) is 3. The summed E-state index contributed by atoms with van der Waals surface area (Å²) in [7, 11) is 1.62. The fraction of sp³-hybridized carbons (Fsp3) is 0.264. The monoisotopic (exact) mass is 1010 g/mol. The molecule has 18 nitrogen and oxygen atoms in total. The maximum atomic E-state index is 13.9. The highest BCUT2D eigenvalue weighted by Gasteiger charge is 2.31. The summed E-state index contributed by atoms with van der Waals surface area (Å²) in [5, 5.41) is 16.2. The molecule has 1 unspecified atom stereocenters. The highest BCUT2D eigenvalue weighted by Crippen LogP contribution is 2.33. The molecule has 1 fully saturated rings. The second-order valence-electron chi connectivity index (χ2n) is 17.5. The van der Waals surface area contributed by atoms with Crippen molar-refractivity contribution < 1.29 is 32.2 Å².